The lowest BCUT2D eigenvalue weighted by atomic mass is 10.1. The van der Waals surface area contributed by atoms with E-state index >= 15 is 0 Å². The smallest absolute Gasteiger partial charge is 0.322 e. The molecule has 41 heavy (non-hydrogen) atoms. The molecule has 3 aromatic carbocycles. The van der Waals surface area contributed by atoms with Crippen LogP contribution in [0.3, 0.4) is 0 Å². The average molecular weight is 558 g/mol. The fourth-order valence-corrected chi connectivity index (χ4v) is 4.25. The lowest BCUT2D eigenvalue weighted by Crippen LogP contribution is -2.42. The van der Waals surface area contributed by atoms with Gasteiger partial charge in [0.2, 0.25) is 5.91 Å². The van der Waals surface area contributed by atoms with Gasteiger partial charge in [-0.05, 0) is 42.3 Å². The summed E-state index contributed by atoms with van der Waals surface area (Å²) in [5.41, 5.74) is 2.81. The van der Waals surface area contributed by atoms with Crippen molar-refractivity contribution >= 4 is 23.4 Å². The van der Waals surface area contributed by atoms with Crippen LogP contribution in [0.25, 0.3) is 16.9 Å². The number of amides is 3. The van der Waals surface area contributed by atoms with E-state index in [9.17, 15) is 9.59 Å². The summed E-state index contributed by atoms with van der Waals surface area (Å²) in [7, 11) is 4.67. The second kappa shape index (κ2) is 13.4. The van der Waals surface area contributed by atoms with Gasteiger partial charge >= 0.3 is 6.03 Å². The molecule has 1 heterocycles. The van der Waals surface area contributed by atoms with E-state index in [2.05, 4.69) is 10.6 Å². The number of methoxy groups -OCH3 is 3. The first kappa shape index (κ1) is 29.0. The van der Waals surface area contributed by atoms with E-state index in [0.29, 0.717) is 41.0 Å². The van der Waals surface area contributed by atoms with E-state index in [1.165, 1.54) is 12.0 Å². The number of carbonyl (C=O) groups excluding carboxylic acids is 2. The number of nitrogens with one attached hydrogen (secondary N) is 2. The van der Waals surface area contributed by atoms with Gasteiger partial charge in [-0.15, -0.1) is 0 Å². The van der Waals surface area contributed by atoms with E-state index in [1.807, 2.05) is 74.5 Å². The highest BCUT2D eigenvalue weighted by Gasteiger charge is 2.22. The first-order chi connectivity index (χ1) is 19.8. The summed E-state index contributed by atoms with van der Waals surface area (Å²) in [5.74, 6) is 1.99. The first-order valence-corrected chi connectivity index (χ1v) is 13.2. The minimum absolute atomic E-state index is 0.126. The third kappa shape index (κ3) is 7.36. The monoisotopic (exact) mass is 557 g/mol. The zero-order valence-electron chi connectivity index (χ0n) is 23.9. The minimum atomic E-state index is -0.425. The van der Waals surface area contributed by atoms with Crippen LogP contribution in [0, 0.1) is 5.92 Å². The largest absolute Gasteiger partial charge is 0.497 e. The molecule has 0 saturated carbocycles. The Morgan fingerprint density at radius 2 is 1.54 bits per heavy atom. The first-order valence-electron chi connectivity index (χ1n) is 13.2. The van der Waals surface area contributed by atoms with Crippen molar-refractivity contribution in [1.82, 2.24) is 14.7 Å². The minimum Gasteiger partial charge on any atom is -0.497 e. The lowest BCUT2D eigenvalue weighted by molar-refractivity contribution is -0.116. The molecule has 0 fully saturated rings. The third-order valence-electron chi connectivity index (χ3n) is 6.22. The van der Waals surface area contributed by atoms with Crippen molar-refractivity contribution in [3.05, 3.63) is 78.9 Å². The standard InChI is InChI=1S/C31H35N5O5/c1-21(2)19-35(31(38)32-26-16-15-25(40-4)17-28(26)41-5)20-30(37)33-29-18-27(22-9-7-6-8-10-22)34-36(29)23-11-13-24(39-3)14-12-23/h6-18,21H,19-20H2,1-5H3,(H,32,38)(H,33,37). The third-order valence-corrected chi connectivity index (χ3v) is 6.22. The Morgan fingerprint density at radius 1 is 0.854 bits per heavy atom. The van der Waals surface area contributed by atoms with Crippen LogP contribution in [0.5, 0.6) is 17.2 Å². The predicted molar refractivity (Wildman–Crippen MR) is 159 cm³/mol. The summed E-state index contributed by atoms with van der Waals surface area (Å²) in [6, 6.07) is 23.6. The molecule has 0 aliphatic rings. The Hall–Kier alpha value is -4.99. The summed E-state index contributed by atoms with van der Waals surface area (Å²) in [6.45, 7) is 4.16. The molecule has 0 atom stereocenters. The topological polar surface area (TPSA) is 107 Å². The van der Waals surface area contributed by atoms with Crippen molar-refractivity contribution in [2.24, 2.45) is 5.92 Å². The fourth-order valence-electron chi connectivity index (χ4n) is 4.25. The van der Waals surface area contributed by atoms with Crippen molar-refractivity contribution in [2.75, 3.05) is 45.1 Å². The van der Waals surface area contributed by atoms with Crippen molar-refractivity contribution < 1.29 is 23.8 Å². The number of rotatable bonds is 11. The molecular formula is C31H35N5O5. The summed E-state index contributed by atoms with van der Waals surface area (Å²) in [5, 5.41) is 10.6. The molecule has 0 saturated heterocycles. The maximum Gasteiger partial charge on any atom is 0.322 e. The quantitative estimate of drug-likeness (QED) is 0.245. The zero-order chi connectivity index (χ0) is 29.4. The number of anilines is 2. The number of hydrogen-bond donors (Lipinski definition) is 2. The highest BCUT2D eigenvalue weighted by Crippen LogP contribution is 2.29. The number of aromatic nitrogens is 2. The van der Waals surface area contributed by atoms with E-state index < -0.39 is 6.03 Å². The fraction of sp³-hybridized carbons (Fsp3) is 0.258. The number of hydrogen-bond acceptors (Lipinski definition) is 6. The van der Waals surface area contributed by atoms with Crippen molar-refractivity contribution in [3.8, 4) is 34.2 Å². The second-order valence-electron chi connectivity index (χ2n) is 9.71. The molecule has 0 aliphatic heterocycles. The van der Waals surface area contributed by atoms with Gasteiger partial charge in [0.1, 0.15) is 29.6 Å². The normalized spacial score (nSPS) is 10.7. The van der Waals surface area contributed by atoms with Gasteiger partial charge < -0.3 is 29.7 Å². The highest BCUT2D eigenvalue weighted by molar-refractivity contribution is 5.97. The highest BCUT2D eigenvalue weighted by atomic mass is 16.5. The molecule has 0 radical (unpaired) electrons. The summed E-state index contributed by atoms with van der Waals surface area (Å²) in [6.07, 6.45) is 0. The van der Waals surface area contributed by atoms with Crippen LogP contribution in [0.2, 0.25) is 0 Å². The van der Waals surface area contributed by atoms with Gasteiger partial charge in [0.15, 0.2) is 0 Å². The van der Waals surface area contributed by atoms with Crippen LogP contribution in [0.4, 0.5) is 16.3 Å². The molecule has 214 valence electrons. The molecule has 4 rings (SSSR count). The second-order valence-corrected chi connectivity index (χ2v) is 9.71. The maximum absolute atomic E-state index is 13.4. The molecule has 0 spiro atoms. The Labute approximate surface area is 239 Å². The van der Waals surface area contributed by atoms with Crippen molar-refractivity contribution in [3.63, 3.8) is 0 Å². The molecule has 3 amide bonds. The molecule has 2 N–H and O–H groups in total. The van der Waals surface area contributed by atoms with Crippen molar-refractivity contribution in [2.45, 2.75) is 13.8 Å². The summed E-state index contributed by atoms with van der Waals surface area (Å²) < 4.78 is 17.6. The Balaban J connectivity index is 1.57. The maximum atomic E-state index is 13.4. The van der Waals surface area contributed by atoms with Crippen LogP contribution < -0.4 is 24.8 Å². The van der Waals surface area contributed by atoms with Crippen LogP contribution in [0.15, 0.2) is 78.9 Å². The van der Waals surface area contributed by atoms with Crippen LogP contribution in [-0.4, -0.2) is 61.0 Å². The van der Waals surface area contributed by atoms with Gasteiger partial charge in [-0.25, -0.2) is 9.48 Å². The predicted octanol–water partition coefficient (Wildman–Crippen LogP) is 5.69. The lowest BCUT2D eigenvalue weighted by Gasteiger charge is -2.25. The number of ether oxygens (including phenoxy) is 3. The van der Waals surface area contributed by atoms with E-state index in [-0.39, 0.29) is 18.4 Å². The van der Waals surface area contributed by atoms with Gasteiger partial charge in [-0.1, -0.05) is 44.2 Å². The molecule has 10 nitrogen and oxygen atoms in total. The van der Waals surface area contributed by atoms with Gasteiger partial charge in [0.05, 0.1) is 38.4 Å². The summed E-state index contributed by atoms with van der Waals surface area (Å²) in [4.78, 5) is 28.1. The molecular weight excluding hydrogens is 522 g/mol. The van der Waals surface area contributed by atoms with Gasteiger partial charge in [0, 0.05) is 24.2 Å². The number of benzene rings is 3. The van der Waals surface area contributed by atoms with Crippen LogP contribution in [0.1, 0.15) is 13.8 Å². The van der Waals surface area contributed by atoms with E-state index in [4.69, 9.17) is 19.3 Å². The SMILES string of the molecule is COc1ccc(-n2nc(-c3ccccc3)cc2NC(=O)CN(CC(C)C)C(=O)Nc2ccc(OC)cc2OC)cc1. The number of urea groups is 1. The number of carbonyl (C=O) groups is 2. The summed E-state index contributed by atoms with van der Waals surface area (Å²) >= 11 is 0. The Kier molecular flexibility index (Phi) is 9.47. The van der Waals surface area contributed by atoms with Gasteiger partial charge in [-0.3, -0.25) is 4.79 Å². The van der Waals surface area contributed by atoms with Crippen LogP contribution in [-0.2, 0) is 4.79 Å². The molecule has 0 bridgehead atoms. The Morgan fingerprint density at radius 3 is 2.17 bits per heavy atom. The Bertz CT molecular complexity index is 1470. The van der Waals surface area contributed by atoms with E-state index in [1.54, 1.807) is 37.1 Å². The van der Waals surface area contributed by atoms with Crippen LogP contribution >= 0.6 is 0 Å². The van der Waals surface area contributed by atoms with Gasteiger partial charge in [0.25, 0.3) is 0 Å². The van der Waals surface area contributed by atoms with E-state index in [0.717, 1.165) is 11.3 Å². The average Bonchev–Trinajstić information content (AvgIpc) is 3.40. The molecule has 0 aliphatic carbocycles. The molecule has 0 unspecified atom stereocenters. The number of nitrogens with zero attached hydrogens (tertiary/aromatic N) is 3. The zero-order valence-corrected chi connectivity index (χ0v) is 23.9. The molecule has 1 aromatic heterocycles. The van der Waals surface area contributed by atoms with Crippen molar-refractivity contribution in [1.29, 1.82) is 0 Å². The molecule has 4 aromatic rings. The molecule has 10 heteroatoms. The van der Waals surface area contributed by atoms with Gasteiger partial charge in [-0.2, -0.15) is 5.10 Å².